The lowest BCUT2D eigenvalue weighted by atomic mass is 9.98. The molecule has 102 valence electrons. The summed E-state index contributed by atoms with van der Waals surface area (Å²) in [6.45, 7) is 5.86. The Kier molecular flexibility index (Phi) is 3.63. The van der Waals surface area contributed by atoms with Gasteiger partial charge in [0.2, 0.25) is 5.95 Å². The summed E-state index contributed by atoms with van der Waals surface area (Å²) in [6.07, 6.45) is 0. The lowest BCUT2D eigenvalue weighted by Crippen LogP contribution is -2.15. The second-order valence-electron chi connectivity index (χ2n) is 5.01. The van der Waals surface area contributed by atoms with Gasteiger partial charge in [0.25, 0.3) is 5.91 Å². The van der Waals surface area contributed by atoms with E-state index in [0.717, 1.165) is 5.01 Å². The van der Waals surface area contributed by atoms with E-state index in [2.05, 4.69) is 25.5 Å². The maximum atomic E-state index is 11.9. The summed E-state index contributed by atoms with van der Waals surface area (Å²) >= 11 is 1.44. The maximum Gasteiger partial charge on any atom is 0.277 e. The summed E-state index contributed by atoms with van der Waals surface area (Å²) in [5, 5.41) is 20.2. The van der Waals surface area contributed by atoms with Gasteiger partial charge >= 0.3 is 0 Å². The number of aliphatic hydroxyl groups excluding tert-OH is 1. The number of thiazole rings is 1. The van der Waals surface area contributed by atoms with Crippen LogP contribution in [-0.2, 0) is 12.0 Å². The van der Waals surface area contributed by atoms with Gasteiger partial charge in [0.05, 0.1) is 5.01 Å². The van der Waals surface area contributed by atoms with Crippen LogP contribution in [-0.4, -0.2) is 31.2 Å². The van der Waals surface area contributed by atoms with Gasteiger partial charge in [0, 0.05) is 10.8 Å². The van der Waals surface area contributed by atoms with Crippen LogP contribution < -0.4 is 5.32 Å². The van der Waals surface area contributed by atoms with Gasteiger partial charge in [-0.3, -0.25) is 15.2 Å². The number of nitrogens with zero attached hydrogens (tertiary/aromatic N) is 3. The van der Waals surface area contributed by atoms with E-state index in [1.807, 2.05) is 20.8 Å². The summed E-state index contributed by atoms with van der Waals surface area (Å²) < 4.78 is 0. The second kappa shape index (κ2) is 5.06. The minimum absolute atomic E-state index is 0.0855. The number of carbonyl (C=O) groups is 1. The molecule has 19 heavy (non-hydrogen) atoms. The van der Waals surface area contributed by atoms with Crippen LogP contribution in [0.3, 0.4) is 0 Å². The third-order valence-electron chi connectivity index (χ3n) is 2.29. The van der Waals surface area contributed by atoms with Crippen molar-refractivity contribution >= 4 is 23.2 Å². The van der Waals surface area contributed by atoms with Gasteiger partial charge in [-0.15, -0.1) is 16.4 Å². The van der Waals surface area contributed by atoms with E-state index in [1.54, 1.807) is 5.38 Å². The summed E-state index contributed by atoms with van der Waals surface area (Å²) in [5.74, 6) is 0.0542. The average Bonchev–Trinajstić information content (AvgIpc) is 2.96. The van der Waals surface area contributed by atoms with Crippen molar-refractivity contribution in [1.29, 1.82) is 0 Å². The van der Waals surface area contributed by atoms with Crippen LogP contribution in [0.2, 0.25) is 0 Å². The Morgan fingerprint density at radius 1 is 1.47 bits per heavy atom. The lowest BCUT2D eigenvalue weighted by Gasteiger charge is -2.13. The Labute approximate surface area is 114 Å². The topological polar surface area (TPSA) is 104 Å². The highest BCUT2D eigenvalue weighted by Crippen LogP contribution is 2.25. The molecule has 2 rings (SSSR count). The monoisotopic (exact) mass is 281 g/mol. The summed E-state index contributed by atoms with van der Waals surface area (Å²) in [4.78, 5) is 20.1. The molecule has 8 heteroatoms. The first-order valence-corrected chi connectivity index (χ1v) is 6.57. The number of aromatic amines is 1. The lowest BCUT2D eigenvalue weighted by molar-refractivity contribution is 0.102. The number of anilines is 1. The number of rotatable bonds is 3. The molecule has 0 atom stereocenters. The van der Waals surface area contributed by atoms with Crippen LogP contribution >= 0.6 is 11.3 Å². The second-order valence-corrected chi connectivity index (χ2v) is 5.86. The van der Waals surface area contributed by atoms with Gasteiger partial charge < -0.3 is 5.11 Å². The first-order valence-electron chi connectivity index (χ1n) is 5.69. The molecule has 0 fully saturated rings. The van der Waals surface area contributed by atoms with Gasteiger partial charge in [-0.2, -0.15) is 4.98 Å². The number of hydrogen-bond donors (Lipinski definition) is 3. The highest BCUT2D eigenvalue weighted by atomic mass is 32.1. The molecule has 0 saturated heterocycles. The van der Waals surface area contributed by atoms with E-state index >= 15 is 0 Å². The number of aliphatic hydroxyl groups is 1. The third kappa shape index (κ3) is 3.15. The Hall–Kier alpha value is -1.80. The number of hydrogen-bond acceptors (Lipinski definition) is 6. The Morgan fingerprint density at radius 2 is 2.21 bits per heavy atom. The van der Waals surface area contributed by atoms with E-state index in [0.29, 0.717) is 11.5 Å². The molecule has 0 aromatic carbocycles. The zero-order valence-corrected chi connectivity index (χ0v) is 11.7. The number of aromatic nitrogens is 4. The van der Waals surface area contributed by atoms with Crippen LogP contribution in [0.25, 0.3) is 0 Å². The van der Waals surface area contributed by atoms with Crippen molar-refractivity contribution in [3.8, 4) is 0 Å². The summed E-state index contributed by atoms with van der Waals surface area (Å²) in [5.41, 5.74) is 0.253. The van der Waals surface area contributed by atoms with Crippen molar-refractivity contribution in [1.82, 2.24) is 20.2 Å². The largest absolute Gasteiger partial charge is 0.388 e. The molecule has 0 aliphatic carbocycles. The molecular weight excluding hydrogens is 266 g/mol. The fourth-order valence-corrected chi connectivity index (χ4v) is 2.20. The van der Waals surface area contributed by atoms with E-state index in [4.69, 9.17) is 5.11 Å². The first-order chi connectivity index (χ1) is 8.90. The van der Waals surface area contributed by atoms with E-state index in [-0.39, 0.29) is 23.9 Å². The van der Waals surface area contributed by atoms with Crippen molar-refractivity contribution < 1.29 is 9.90 Å². The van der Waals surface area contributed by atoms with E-state index < -0.39 is 0 Å². The van der Waals surface area contributed by atoms with E-state index in [9.17, 15) is 4.79 Å². The van der Waals surface area contributed by atoms with Crippen molar-refractivity contribution in [3.63, 3.8) is 0 Å². The Morgan fingerprint density at radius 3 is 2.74 bits per heavy atom. The average molecular weight is 281 g/mol. The molecule has 2 heterocycles. The Bertz CT molecular complexity index is 584. The molecule has 3 N–H and O–H groups in total. The Balaban J connectivity index is 2.10. The molecule has 0 saturated carbocycles. The maximum absolute atomic E-state index is 11.9. The van der Waals surface area contributed by atoms with Crippen LogP contribution in [0.4, 0.5) is 5.95 Å². The van der Waals surface area contributed by atoms with Gasteiger partial charge in [0.1, 0.15) is 12.3 Å². The molecule has 0 bridgehead atoms. The number of nitrogens with one attached hydrogen (secondary N) is 2. The molecule has 1 amide bonds. The number of amides is 1. The summed E-state index contributed by atoms with van der Waals surface area (Å²) in [6, 6.07) is 0. The minimum atomic E-state index is -0.366. The first kappa shape index (κ1) is 13.6. The van der Waals surface area contributed by atoms with E-state index in [1.165, 1.54) is 11.3 Å². The zero-order chi connectivity index (χ0) is 14.0. The quantitative estimate of drug-likeness (QED) is 0.786. The van der Waals surface area contributed by atoms with Crippen LogP contribution in [0, 0.1) is 0 Å². The highest BCUT2D eigenvalue weighted by molar-refractivity contribution is 7.10. The van der Waals surface area contributed by atoms with Crippen molar-refractivity contribution in [2.75, 3.05) is 5.32 Å². The molecule has 0 radical (unpaired) electrons. The fraction of sp³-hybridized carbons (Fsp3) is 0.455. The van der Waals surface area contributed by atoms with Gasteiger partial charge in [-0.1, -0.05) is 20.8 Å². The van der Waals surface area contributed by atoms with Crippen molar-refractivity contribution in [2.24, 2.45) is 0 Å². The molecule has 0 aliphatic heterocycles. The fourth-order valence-electron chi connectivity index (χ4n) is 1.31. The zero-order valence-electron chi connectivity index (χ0n) is 10.9. The van der Waals surface area contributed by atoms with Gasteiger partial charge in [-0.25, -0.2) is 4.98 Å². The molecular formula is C11H15N5O2S. The van der Waals surface area contributed by atoms with Crippen LogP contribution in [0.5, 0.6) is 0 Å². The third-order valence-corrected chi connectivity index (χ3v) is 3.55. The predicted molar refractivity (Wildman–Crippen MR) is 71.1 cm³/mol. The molecule has 0 unspecified atom stereocenters. The van der Waals surface area contributed by atoms with Crippen LogP contribution in [0.1, 0.15) is 42.1 Å². The molecule has 0 aliphatic rings. The van der Waals surface area contributed by atoms with Crippen molar-refractivity contribution in [3.05, 3.63) is 21.9 Å². The molecule has 7 nitrogen and oxygen atoms in total. The number of H-pyrrole nitrogens is 1. The standard InChI is InChI=1S/C11H15N5O2S/c1-11(2,3)9-12-6(5-19-9)8(18)14-10-13-7(4-17)15-16-10/h5,17H,4H2,1-3H3,(H2,13,14,15,16,18). The molecule has 2 aromatic heterocycles. The smallest absolute Gasteiger partial charge is 0.277 e. The van der Waals surface area contributed by atoms with Gasteiger partial charge in [0.15, 0.2) is 5.82 Å². The minimum Gasteiger partial charge on any atom is -0.388 e. The molecule has 2 aromatic rings. The van der Waals surface area contributed by atoms with Crippen molar-refractivity contribution in [2.45, 2.75) is 32.8 Å². The molecule has 0 spiro atoms. The summed E-state index contributed by atoms with van der Waals surface area (Å²) in [7, 11) is 0. The van der Waals surface area contributed by atoms with Gasteiger partial charge in [-0.05, 0) is 0 Å². The SMILES string of the molecule is CC(C)(C)c1nc(C(=O)Nc2n[nH]c(CO)n2)cs1. The number of carbonyl (C=O) groups excluding carboxylic acids is 1. The highest BCUT2D eigenvalue weighted by Gasteiger charge is 2.20. The predicted octanol–water partition coefficient (Wildman–Crippen LogP) is 1.30. The van der Waals surface area contributed by atoms with Crippen LogP contribution in [0.15, 0.2) is 5.38 Å². The normalized spacial score (nSPS) is 11.6.